The fourth-order valence-corrected chi connectivity index (χ4v) is 5.06. The molecule has 2 atom stereocenters. The van der Waals surface area contributed by atoms with Gasteiger partial charge in [0, 0.05) is 22.0 Å². The maximum absolute atomic E-state index is 13.2. The van der Waals surface area contributed by atoms with Gasteiger partial charge in [0.15, 0.2) is 0 Å². The van der Waals surface area contributed by atoms with Crippen LogP contribution in [0.3, 0.4) is 0 Å². The SMILES string of the molecule is CC1=C[C@@H]([C@H]2CC(=O)N(c3ccc(Cl)cc3)C2=O)CC2=C1C(=O)N(c1ccc(Cl)cc1)C2=O. The Balaban J connectivity index is 1.42. The lowest BCUT2D eigenvalue weighted by Gasteiger charge is -2.24. The summed E-state index contributed by atoms with van der Waals surface area (Å²) < 4.78 is 0. The van der Waals surface area contributed by atoms with E-state index in [1.54, 1.807) is 55.5 Å². The molecule has 166 valence electrons. The molecular weight excluding hydrogens is 463 g/mol. The van der Waals surface area contributed by atoms with E-state index in [0.29, 0.717) is 38.1 Å². The highest BCUT2D eigenvalue weighted by Gasteiger charge is 2.48. The normalized spacial score (nSPS) is 22.9. The fraction of sp³-hybridized carbons (Fsp3) is 0.200. The zero-order chi connectivity index (χ0) is 23.4. The van der Waals surface area contributed by atoms with Crippen molar-refractivity contribution in [1.82, 2.24) is 0 Å². The van der Waals surface area contributed by atoms with Crippen molar-refractivity contribution in [2.75, 3.05) is 9.80 Å². The summed E-state index contributed by atoms with van der Waals surface area (Å²) in [5, 5.41) is 1.01. The standard InChI is InChI=1S/C25H18Cl2N2O4/c1-13-10-14(19-12-21(30)28(23(19)31)17-6-2-15(26)3-7-17)11-20-22(13)25(33)29(24(20)32)18-8-4-16(27)5-9-18/h2-10,14,19H,11-12H2,1H3/t14-,19-/m1/s1. The van der Waals surface area contributed by atoms with Crippen LogP contribution in [0.1, 0.15) is 19.8 Å². The van der Waals surface area contributed by atoms with Crippen molar-refractivity contribution in [2.24, 2.45) is 11.8 Å². The first-order valence-corrected chi connectivity index (χ1v) is 11.2. The van der Waals surface area contributed by atoms with Crippen LogP contribution in [0.4, 0.5) is 11.4 Å². The van der Waals surface area contributed by atoms with E-state index in [1.807, 2.05) is 6.08 Å². The van der Waals surface area contributed by atoms with Crippen LogP contribution in [-0.4, -0.2) is 23.6 Å². The van der Waals surface area contributed by atoms with Crippen LogP contribution < -0.4 is 9.80 Å². The summed E-state index contributed by atoms with van der Waals surface area (Å²) in [6.45, 7) is 1.76. The van der Waals surface area contributed by atoms with E-state index in [1.165, 1.54) is 4.90 Å². The highest BCUT2D eigenvalue weighted by molar-refractivity contribution is 6.35. The molecule has 2 aromatic rings. The first-order valence-electron chi connectivity index (χ1n) is 10.4. The largest absolute Gasteiger partial charge is 0.274 e. The molecule has 1 aliphatic carbocycles. The van der Waals surface area contributed by atoms with Crippen LogP contribution in [-0.2, 0) is 19.2 Å². The van der Waals surface area contributed by atoms with Gasteiger partial charge in [0.25, 0.3) is 11.8 Å². The van der Waals surface area contributed by atoms with Crippen LogP contribution in [0.2, 0.25) is 10.0 Å². The Hall–Kier alpha value is -3.22. The first-order chi connectivity index (χ1) is 15.8. The van der Waals surface area contributed by atoms with E-state index in [0.717, 1.165) is 4.90 Å². The summed E-state index contributed by atoms with van der Waals surface area (Å²) in [6, 6.07) is 13.0. The second-order valence-corrected chi connectivity index (χ2v) is 9.22. The van der Waals surface area contributed by atoms with E-state index < -0.39 is 11.8 Å². The summed E-state index contributed by atoms with van der Waals surface area (Å²) in [6.07, 6.45) is 2.11. The molecule has 2 aliphatic heterocycles. The monoisotopic (exact) mass is 480 g/mol. The summed E-state index contributed by atoms with van der Waals surface area (Å²) >= 11 is 11.9. The first kappa shape index (κ1) is 21.6. The van der Waals surface area contributed by atoms with Gasteiger partial charge in [0.2, 0.25) is 11.8 Å². The second kappa shape index (κ2) is 7.97. The number of carbonyl (C=O) groups excluding carboxylic acids is 4. The predicted molar refractivity (Wildman–Crippen MR) is 125 cm³/mol. The predicted octanol–water partition coefficient (Wildman–Crippen LogP) is 4.71. The fourth-order valence-electron chi connectivity index (χ4n) is 4.80. The van der Waals surface area contributed by atoms with E-state index in [-0.39, 0.29) is 36.5 Å². The lowest BCUT2D eigenvalue weighted by molar-refractivity contribution is -0.123. The minimum absolute atomic E-state index is 0.0432. The molecule has 3 aliphatic rings. The van der Waals surface area contributed by atoms with E-state index >= 15 is 0 Å². The molecule has 0 unspecified atom stereocenters. The van der Waals surface area contributed by atoms with Crippen molar-refractivity contribution in [2.45, 2.75) is 19.8 Å². The van der Waals surface area contributed by atoms with Gasteiger partial charge in [-0.2, -0.15) is 0 Å². The molecule has 0 bridgehead atoms. The third kappa shape index (κ3) is 3.50. The van der Waals surface area contributed by atoms with Gasteiger partial charge in [-0.05, 0) is 73.4 Å². The molecule has 6 nitrogen and oxygen atoms in total. The number of halogens is 2. The Labute approximate surface area is 200 Å². The third-order valence-corrected chi connectivity index (χ3v) is 6.85. The van der Waals surface area contributed by atoms with Crippen LogP contribution in [0, 0.1) is 11.8 Å². The van der Waals surface area contributed by atoms with Crippen molar-refractivity contribution >= 4 is 58.2 Å². The quantitative estimate of drug-likeness (QED) is 0.596. The summed E-state index contributed by atoms with van der Waals surface area (Å²) in [4.78, 5) is 54.6. The zero-order valence-electron chi connectivity index (χ0n) is 17.5. The van der Waals surface area contributed by atoms with Gasteiger partial charge in [-0.15, -0.1) is 0 Å². The van der Waals surface area contributed by atoms with Crippen molar-refractivity contribution in [3.63, 3.8) is 0 Å². The molecule has 1 saturated heterocycles. The van der Waals surface area contributed by atoms with E-state index in [4.69, 9.17) is 23.2 Å². The molecular formula is C25H18Cl2N2O4. The van der Waals surface area contributed by atoms with Crippen LogP contribution in [0.15, 0.2) is 71.3 Å². The smallest absolute Gasteiger partial charge is 0.266 e. The molecule has 8 heteroatoms. The number of hydrogen-bond donors (Lipinski definition) is 0. The zero-order valence-corrected chi connectivity index (χ0v) is 19.1. The number of anilines is 2. The Morgan fingerprint density at radius 3 is 1.88 bits per heavy atom. The molecule has 5 rings (SSSR count). The number of allylic oxidation sites excluding steroid dienone is 1. The van der Waals surface area contributed by atoms with Gasteiger partial charge in [0.1, 0.15) is 0 Å². The molecule has 0 N–H and O–H groups in total. The number of rotatable bonds is 3. The number of amides is 4. The van der Waals surface area contributed by atoms with Gasteiger partial charge in [-0.1, -0.05) is 29.3 Å². The number of imide groups is 2. The highest BCUT2D eigenvalue weighted by atomic mass is 35.5. The molecule has 1 fully saturated rings. The summed E-state index contributed by atoms with van der Waals surface area (Å²) in [5.74, 6) is -2.37. The molecule has 0 radical (unpaired) electrons. The van der Waals surface area contributed by atoms with Gasteiger partial charge in [-0.3, -0.25) is 24.1 Å². The van der Waals surface area contributed by atoms with Gasteiger partial charge < -0.3 is 0 Å². The Morgan fingerprint density at radius 1 is 0.758 bits per heavy atom. The molecule has 2 heterocycles. The molecule has 0 aromatic heterocycles. The van der Waals surface area contributed by atoms with Crippen LogP contribution >= 0.6 is 23.2 Å². The minimum Gasteiger partial charge on any atom is -0.274 e. The van der Waals surface area contributed by atoms with Gasteiger partial charge >= 0.3 is 0 Å². The summed E-state index contributed by atoms with van der Waals surface area (Å²) in [5.41, 5.74) is 2.30. The van der Waals surface area contributed by atoms with Crippen molar-refractivity contribution in [3.8, 4) is 0 Å². The Bertz CT molecular complexity index is 1280. The number of hydrogen-bond acceptors (Lipinski definition) is 4. The molecule has 4 amide bonds. The highest BCUT2D eigenvalue weighted by Crippen LogP contribution is 2.43. The average molecular weight is 481 g/mol. The summed E-state index contributed by atoms with van der Waals surface area (Å²) in [7, 11) is 0. The second-order valence-electron chi connectivity index (χ2n) is 8.35. The van der Waals surface area contributed by atoms with Gasteiger partial charge in [-0.25, -0.2) is 4.90 Å². The third-order valence-electron chi connectivity index (χ3n) is 6.35. The maximum Gasteiger partial charge on any atom is 0.266 e. The maximum atomic E-state index is 13.2. The number of nitrogens with zero attached hydrogens (tertiary/aromatic N) is 2. The molecule has 2 aromatic carbocycles. The van der Waals surface area contributed by atoms with Crippen molar-refractivity contribution < 1.29 is 19.2 Å². The van der Waals surface area contributed by atoms with E-state index in [2.05, 4.69) is 0 Å². The Kier molecular flexibility index (Phi) is 5.22. The lowest BCUT2D eigenvalue weighted by Crippen LogP contribution is -2.33. The molecule has 0 saturated carbocycles. The van der Waals surface area contributed by atoms with Crippen molar-refractivity contribution in [1.29, 1.82) is 0 Å². The van der Waals surface area contributed by atoms with Gasteiger partial charge in [0.05, 0.1) is 22.9 Å². The van der Waals surface area contributed by atoms with Crippen molar-refractivity contribution in [3.05, 3.63) is 81.4 Å². The minimum atomic E-state index is -0.607. The Morgan fingerprint density at radius 2 is 1.30 bits per heavy atom. The number of carbonyl (C=O) groups is 4. The van der Waals surface area contributed by atoms with Crippen LogP contribution in [0.5, 0.6) is 0 Å². The molecule has 0 spiro atoms. The molecule has 33 heavy (non-hydrogen) atoms. The topological polar surface area (TPSA) is 74.8 Å². The number of benzene rings is 2. The average Bonchev–Trinajstić information content (AvgIpc) is 3.22. The lowest BCUT2D eigenvalue weighted by atomic mass is 9.78. The van der Waals surface area contributed by atoms with Crippen LogP contribution in [0.25, 0.3) is 0 Å². The van der Waals surface area contributed by atoms with E-state index in [9.17, 15) is 19.2 Å².